The van der Waals surface area contributed by atoms with E-state index in [-0.39, 0.29) is 11.7 Å². The molecule has 0 aromatic heterocycles. The van der Waals surface area contributed by atoms with Gasteiger partial charge >= 0.3 is 6.03 Å². The third-order valence-electron chi connectivity index (χ3n) is 2.99. The zero-order chi connectivity index (χ0) is 16.1. The zero-order valence-corrected chi connectivity index (χ0v) is 12.6. The molecule has 0 saturated carbocycles. The number of carbonyl (C=O) groups excluding carboxylic acids is 1. The van der Waals surface area contributed by atoms with Gasteiger partial charge < -0.3 is 10.2 Å². The third-order valence-corrected chi connectivity index (χ3v) is 3.24. The summed E-state index contributed by atoms with van der Waals surface area (Å²) in [4.78, 5) is 23.8. The highest BCUT2D eigenvalue weighted by Gasteiger charge is 2.11. The van der Waals surface area contributed by atoms with Crippen LogP contribution in [0.1, 0.15) is 5.56 Å². The summed E-state index contributed by atoms with van der Waals surface area (Å²) in [7, 11) is 1.64. The lowest BCUT2D eigenvalue weighted by Gasteiger charge is -2.18. The van der Waals surface area contributed by atoms with E-state index in [1.54, 1.807) is 25.2 Å². The summed E-state index contributed by atoms with van der Waals surface area (Å²) in [6.45, 7) is 0.401. The van der Waals surface area contributed by atoms with Gasteiger partial charge in [-0.3, -0.25) is 10.1 Å². The number of benzene rings is 2. The van der Waals surface area contributed by atoms with Gasteiger partial charge in [-0.25, -0.2) is 4.79 Å². The molecule has 0 fully saturated rings. The maximum atomic E-state index is 12.1. The van der Waals surface area contributed by atoms with Crippen LogP contribution in [0.3, 0.4) is 0 Å². The Morgan fingerprint density at radius 3 is 2.59 bits per heavy atom. The summed E-state index contributed by atoms with van der Waals surface area (Å²) >= 11 is 5.81. The van der Waals surface area contributed by atoms with E-state index in [0.29, 0.717) is 17.3 Å². The molecule has 0 spiro atoms. The molecule has 0 atom stereocenters. The summed E-state index contributed by atoms with van der Waals surface area (Å²) in [6.07, 6.45) is 0. The highest BCUT2D eigenvalue weighted by molar-refractivity contribution is 6.30. The molecule has 0 saturated heterocycles. The van der Waals surface area contributed by atoms with Crippen LogP contribution in [0.25, 0.3) is 0 Å². The van der Waals surface area contributed by atoms with Gasteiger partial charge in [-0.05, 0) is 23.8 Å². The van der Waals surface area contributed by atoms with Gasteiger partial charge in [-0.15, -0.1) is 0 Å². The van der Waals surface area contributed by atoms with Crippen LogP contribution >= 0.6 is 11.6 Å². The van der Waals surface area contributed by atoms with Gasteiger partial charge in [0.25, 0.3) is 5.69 Å². The molecule has 2 aromatic carbocycles. The molecule has 0 radical (unpaired) electrons. The normalized spacial score (nSPS) is 10.1. The molecule has 7 heteroatoms. The molecule has 0 heterocycles. The molecule has 0 aliphatic heterocycles. The lowest BCUT2D eigenvalue weighted by molar-refractivity contribution is -0.384. The van der Waals surface area contributed by atoms with E-state index in [1.165, 1.54) is 23.1 Å². The van der Waals surface area contributed by atoms with Crippen LogP contribution in [-0.2, 0) is 6.54 Å². The molecule has 2 amide bonds. The van der Waals surface area contributed by atoms with Crippen LogP contribution in [-0.4, -0.2) is 22.9 Å². The van der Waals surface area contributed by atoms with Gasteiger partial charge in [0.15, 0.2) is 0 Å². The Kier molecular flexibility index (Phi) is 4.95. The van der Waals surface area contributed by atoms with Crippen LogP contribution in [0.4, 0.5) is 16.2 Å². The maximum Gasteiger partial charge on any atom is 0.321 e. The Hall–Kier alpha value is -2.60. The minimum absolute atomic E-state index is 0.0712. The second-order valence-corrected chi connectivity index (χ2v) is 5.16. The predicted molar refractivity (Wildman–Crippen MR) is 85.0 cm³/mol. The van der Waals surface area contributed by atoms with Crippen LogP contribution in [0.5, 0.6) is 0 Å². The van der Waals surface area contributed by atoms with E-state index in [0.717, 1.165) is 5.56 Å². The van der Waals surface area contributed by atoms with E-state index in [2.05, 4.69) is 5.32 Å². The second kappa shape index (κ2) is 6.91. The Morgan fingerprint density at radius 2 is 1.95 bits per heavy atom. The van der Waals surface area contributed by atoms with Gasteiger partial charge in [0.1, 0.15) is 0 Å². The average molecular weight is 320 g/mol. The molecule has 114 valence electrons. The molecule has 0 bridgehead atoms. The minimum atomic E-state index is -0.507. The molecule has 2 aromatic rings. The van der Waals surface area contributed by atoms with E-state index < -0.39 is 4.92 Å². The minimum Gasteiger partial charge on any atom is -0.323 e. The van der Waals surface area contributed by atoms with Crippen molar-refractivity contribution in [3.05, 3.63) is 69.2 Å². The molecular weight excluding hydrogens is 306 g/mol. The van der Waals surface area contributed by atoms with Crippen molar-refractivity contribution < 1.29 is 9.72 Å². The van der Waals surface area contributed by atoms with Crippen LogP contribution < -0.4 is 5.32 Å². The molecule has 6 nitrogen and oxygen atoms in total. The first kappa shape index (κ1) is 15.8. The Morgan fingerprint density at radius 1 is 1.27 bits per heavy atom. The number of nitrogens with zero attached hydrogens (tertiary/aromatic N) is 2. The maximum absolute atomic E-state index is 12.1. The van der Waals surface area contributed by atoms with Crippen LogP contribution in [0.2, 0.25) is 5.02 Å². The standard InChI is InChI=1S/C15H14ClN3O3/c1-18(10-11-5-7-12(16)8-6-11)15(20)17-13-3-2-4-14(9-13)19(21)22/h2-9H,10H2,1H3,(H,17,20). The van der Waals surface area contributed by atoms with Gasteiger partial charge in [-0.1, -0.05) is 29.8 Å². The van der Waals surface area contributed by atoms with E-state index in [1.807, 2.05) is 12.1 Å². The van der Waals surface area contributed by atoms with Gasteiger partial charge in [-0.2, -0.15) is 0 Å². The molecule has 0 aliphatic rings. The number of hydrogen-bond donors (Lipinski definition) is 1. The summed E-state index contributed by atoms with van der Waals surface area (Å²) < 4.78 is 0. The fraction of sp³-hybridized carbons (Fsp3) is 0.133. The number of amides is 2. The van der Waals surface area contributed by atoms with Crippen molar-refractivity contribution in [1.29, 1.82) is 0 Å². The number of nitrogens with one attached hydrogen (secondary N) is 1. The number of nitro groups is 1. The van der Waals surface area contributed by atoms with Crippen LogP contribution in [0, 0.1) is 10.1 Å². The first-order chi connectivity index (χ1) is 10.5. The molecule has 1 N–H and O–H groups in total. The molecule has 0 unspecified atom stereocenters. The lowest BCUT2D eigenvalue weighted by atomic mass is 10.2. The number of nitro benzene ring substituents is 1. The van der Waals surface area contributed by atoms with E-state index >= 15 is 0 Å². The number of rotatable bonds is 4. The van der Waals surface area contributed by atoms with Crippen molar-refractivity contribution >= 4 is 29.0 Å². The van der Waals surface area contributed by atoms with E-state index in [4.69, 9.17) is 11.6 Å². The van der Waals surface area contributed by atoms with Crippen molar-refractivity contribution in [3.8, 4) is 0 Å². The fourth-order valence-corrected chi connectivity index (χ4v) is 1.98. The number of anilines is 1. The fourth-order valence-electron chi connectivity index (χ4n) is 1.85. The summed E-state index contributed by atoms with van der Waals surface area (Å²) in [5.74, 6) is 0. The second-order valence-electron chi connectivity index (χ2n) is 4.72. The number of carbonyl (C=O) groups is 1. The summed E-state index contributed by atoms with van der Waals surface area (Å²) in [6, 6.07) is 12.6. The molecular formula is C15H14ClN3O3. The largest absolute Gasteiger partial charge is 0.323 e. The first-order valence-corrected chi connectivity index (χ1v) is 6.84. The topological polar surface area (TPSA) is 75.5 Å². The van der Waals surface area contributed by atoms with E-state index in [9.17, 15) is 14.9 Å². The number of urea groups is 1. The van der Waals surface area contributed by atoms with Gasteiger partial charge in [0.2, 0.25) is 0 Å². The number of non-ortho nitro benzene ring substituents is 1. The third kappa shape index (κ3) is 4.20. The van der Waals surface area contributed by atoms with Crippen molar-refractivity contribution in [3.63, 3.8) is 0 Å². The zero-order valence-electron chi connectivity index (χ0n) is 11.8. The smallest absolute Gasteiger partial charge is 0.321 e. The summed E-state index contributed by atoms with van der Waals surface area (Å²) in [5, 5.41) is 14.0. The molecule has 0 aliphatic carbocycles. The van der Waals surface area contributed by atoms with Crippen molar-refractivity contribution in [1.82, 2.24) is 4.90 Å². The Balaban J connectivity index is 2.00. The Bertz CT molecular complexity index is 689. The van der Waals surface area contributed by atoms with Gasteiger partial charge in [0, 0.05) is 36.4 Å². The molecule has 22 heavy (non-hydrogen) atoms. The average Bonchev–Trinajstić information content (AvgIpc) is 2.49. The summed E-state index contributed by atoms with van der Waals surface area (Å²) in [5.41, 5.74) is 1.24. The van der Waals surface area contributed by atoms with Crippen molar-refractivity contribution in [2.24, 2.45) is 0 Å². The predicted octanol–water partition coefficient (Wildman–Crippen LogP) is 3.91. The highest BCUT2D eigenvalue weighted by Crippen LogP contribution is 2.17. The van der Waals surface area contributed by atoms with Crippen LogP contribution in [0.15, 0.2) is 48.5 Å². The number of hydrogen-bond acceptors (Lipinski definition) is 3. The Labute approximate surface area is 132 Å². The number of halogens is 1. The lowest BCUT2D eigenvalue weighted by Crippen LogP contribution is -2.30. The van der Waals surface area contributed by atoms with Gasteiger partial charge in [0.05, 0.1) is 4.92 Å². The van der Waals surface area contributed by atoms with Crippen molar-refractivity contribution in [2.75, 3.05) is 12.4 Å². The molecule has 2 rings (SSSR count). The SMILES string of the molecule is CN(Cc1ccc(Cl)cc1)C(=O)Nc1cccc([N+](=O)[O-])c1. The first-order valence-electron chi connectivity index (χ1n) is 6.47. The monoisotopic (exact) mass is 319 g/mol. The van der Waals surface area contributed by atoms with Crippen molar-refractivity contribution in [2.45, 2.75) is 6.54 Å². The highest BCUT2D eigenvalue weighted by atomic mass is 35.5. The quantitative estimate of drug-likeness (QED) is 0.685.